The maximum absolute atomic E-state index is 11.4. The highest BCUT2D eigenvalue weighted by Gasteiger charge is 2.11. The lowest BCUT2D eigenvalue weighted by atomic mass is 10.1. The van der Waals surface area contributed by atoms with E-state index in [-0.39, 0.29) is 5.78 Å². The van der Waals surface area contributed by atoms with Crippen LogP contribution in [0.15, 0.2) is 39.7 Å². The summed E-state index contributed by atoms with van der Waals surface area (Å²) in [6.45, 7) is 5.64. The van der Waals surface area contributed by atoms with Gasteiger partial charge in [-0.2, -0.15) is 0 Å². The molecule has 0 aliphatic carbocycles. The summed E-state index contributed by atoms with van der Waals surface area (Å²) in [5.74, 6) is 1.62. The van der Waals surface area contributed by atoms with E-state index >= 15 is 0 Å². The number of aryl methyl sites for hydroxylation is 2. The number of rotatable bonds is 4. The number of carbonyl (C=O) groups excluding carboxylic acids is 1. The average molecular weight is 365 g/mol. The maximum atomic E-state index is 11.4. The lowest BCUT2D eigenvalue weighted by Crippen LogP contribution is -1.95. The molecule has 0 atom stereocenters. The Bertz CT molecular complexity index is 672. The predicted molar refractivity (Wildman–Crippen MR) is 91.9 cm³/mol. The van der Waals surface area contributed by atoms with Gasteiger partial charge in [-0.25, -0.2) is 0 Å². The standard InChI is InChI=1S/C17H17BrO2S/c1-10-7-14(21-4)8-11(2)17(10)20-16-6-5-13(12(3)19)9-15(16)18/h5-9H,1-4H3. The van der Waals surface area contributed by atoms with Gasteiger partial charge in [0.25, 0.3) is 0 Å². The molecule has 0 N–H and O–H groups in total. The van der Waals surface area contributed by atoms with Gasteiger partial charge in [0.15, 0.2) is 5.78 Å². The highest BCUT2D eigenvalue weighted by molar-refractivity contribution is 9.10. The van der Waals surface area contributed by atoms with E-state index in [2.05, 4.69) is 34.3 Å². The second kappa shape index (κ2) is 6.67. The van der Waals surface area contributed by atoms with Crippen LogP contribution in [0.4, 0.5) is 0 Å². The molecule has 0 aromatic heterocycles. The SMILES string of the molecule is CSc1cc(C)c(Oc2ccc(C(C)=O)cc2Br)c(C)c1. The van der Waals surface area contributed by atoms with Crippen molar-refractivity contribution in [3.05, 3.63) is 51.5 Å². The van der Waals surface area contributed by atoms with Crippen molar-refractivity contribution in [3.63, 3.8) is 0 Å². The molecule has 0 saturated heterocycles. The molecule has 2 aromatic carbocycles. The van der Waals surface area contributed by atoms with Crippen LogP contribution in [-0.4, -0.2) is 12.0 Å². The van der Waals surface area contributed by atoms with Gasteiger partial charge in [-0.1, -0.05) is 0 Å². The smallest absolute Gasteiger partial charge is 0.159 e. The van der Waals surface area contributed by atoms with E-state index in [0.717, 1.165) is 21.3 Å². The van der Waals surface area contributed by atoms with E-state index in [1.165, 1.54) is 4.90 Å². The summed E-state index contributed by atoms with van der Waals surface area (Å²) in [5.41, 5.74) is 2.86. The number of hydrogen-bond donors (Lipinski definition) is 0. The molecule has 0 saturated carbocycles. The van der Waals surface area contributed by atoms with Crippen LogP contribution in [0.1, 0.15) is 28.4 Å². The predicted octanol–water partition coefficient (Wildman–Crippen LogP) is 5.78. The van der Waals surface area contributed by atoms with E-state index in [0.29, 0.717) is 11.3 Å². The largest absolute Gasteiger partial charge is 0.456 e. The highest BCUT2D eigenvalue weighted by atomic mass is 79.9. The van der Waals surface area contributed by atoms with Gasteiger partial charge in [-0.15, -0.1) is 11.8 Å². The fraction of sp³-hybridized carbons (Fsp3) is 0.235. The minimum absolute atomic E-state index is 0.0407. The number of benzene rings is 2. The van der Waals surface area contributed by atoms with Crippen molar-refractivity contribution in [2.45, 2.75) is 25.7 Å². The van der Waals surface area contributed by atoms with Crippen LogP contribution in [0.2, 0.25) is 0 Å². The second-order valence-corrected chi connectivity index (χ2v) is 6.63. The Morgan fingerprint density at radius 2 is 1.76 bits per heavy atom. The first-order valence-corrected chi connectivity index (χ1v) is 8.57. The van der Waals surface area contributed by atoms with E-state index in [1.807, 2.05) is 19.9 Å². The number of halogens is 1. The normalized spacial score (nSPS) is 10.5. The maximum Gasteiger partial charge on any atom is 0.159 e. The minimum Gasteiger partial charge on any atom is -0.456 e. The Balaban J connectivity index is 2.37. The summed E-state index contributed by atoms with van der Waals surface area (Å²) in [5, 5.41) is 0. The van der Waals surface area contributed by atoms with Crippen molar-refractivity contribution in [2.75, 3.05) is 6.26 Å². The van der Waals surface area contributed by atoms with Gasteiger partial charge >= 0.3 is 0 Å². The van der Waals surface area contributed by atoms with E-state index < -0.39 is 0 Å². The quantitative estimate of drug-likeness (QED) is 0.507. The molecule has 110 valence electrons. The van der Waals surface area contributed by atoms with Crippen molar-refractivity contribution < 1.29 is 9.53 Å². The van der Waals surface area contributed by atoms with Crippen molar-refractivity contribution in [2.24, 2.45) is 0 Å². The Labute approximate surface area is 138 Å². The van der Waals surface area contributed by atoms with Crippen molar-refractivity contribution in [1.29, 1.82) is 0 Å². The third-order valence-corrected chi connectivity index (χ3v) is 4.55. The highest BCUT2D eigenvalue weighted by Crippen LogP contribution is 2.35. The number of thioether (sulfide) groups is 1. The fourth-order valence-electron chi connectivity index (χ4n) is 2.10. The summed E-state index contributed by atoms with van der Waals surface area (Å²) in [4.78, 5) is 12.6. The molecule has 21 heavy (non-hydrogen) atoms. The van der Waals surface area contributed by atoms with Crippen LogP contribution in [0.3, 0.4) is 0 Å². The first kappa shape index (κ1) is 16.1. The van der Waals surface area contributed by atoms with Crippen LogP contribution in [0, 0.1) is 13.8 Å². The molecule has 0 aliphatic rings. The molecule has 0 bridgehead atoms. The third-order valence-electron chi connectivity index (χ3n) is 3.22. The zero-order valence-corrected chi connectivity index (χ0v) is 14.9. The van der Waals surface area contributed by atoms with Crippen molar-refractivity contribution in [3.8, 4) is 11.5 Å². The van der Waals surface area contributed by atoms with E-state index in [1.54, 1.807) is 30.8 Å². The van der Waals surface area contributed by atoms with Gasteiger partial charge in [0, 0.05) is 10.5 Å². The van der Waals surface area contributed by atoms with Gasteiger partial charge in [-0.05, 0) is 84.4 Å². The Kier molecular flexibility index (Phi) is 5.12. The van der Waals surface area contributed by atoms with Crippen molar-refractivity contribution >= 4 is 33.5 Å². The minimum atomic E-state index is 0.0407. The summed E-state index contributed by atoms with van der Waals surface area (Å²) in [6, 6.07) is 9.62. The monoisotopic (exact) mass is 364 g/mol. The molecular formula is C17H17BrO2S. The van der Waals surface area contributed by atoms with Crippen LogP contribution in [-0.2, 0) is 0 Å². The van der Waals surface area contributed by atoms with Crippen LogP contribution >= 0.6 is 27.7 Å². The number of hydrogen-bond acceptors (Lipinski definition) is 3. The summed E-state index contributed by atoms with van der Waals surface area (Å²) >= 11 is 5.19. The van der Waals surface area contributed by atoms with E-state index in [9.17, 15) is 4.79 Å². The van der Waals surface area contributed by atoms with Gasteiger partial charge < -0.3 is 4.74 Å². The zero-order chi connectivity index (χ0) is 15.6. The molecule has 4 heteroatoms. The van der Waals surface area contributed by atoms with Gasteiger partial charge in [-0.3, -0.25) is 4.79 Å². The molecular weight excluding hydrogens is 348 g/mol. The summed E-state index contributed by atoms with van der Waals surface area (Å²) < 4.78 is 6.82. The Hall–Kier alpha value is -1.26. The number of Topliss-reactive ketones (excluding diaryl/α,β-unsaturated/α-hetero) is 1. The first-order chi connectivity index (χ1) is 9.92. The first-order valence-electron chi connectivity index (χ1n) is 6.56. The van der Waals surface area contributed by atoms with Gasteiger partial charge in [0.2, 0.25) is 0 Å². The lowest BCUT2D eigenvalue weighted by molar-refractivity contribution is 0.101. The van der Waals surface area contributed by atoms with Crippen LogP contribution in [0.5, 0.6) is 11.5 Å². The van der Waals surface area contributed by atoms with Crippen LogP contribution < -0.4 is 4.74 Å². The van der Waals surface area contributed by atoms with Crippen LogP contribution in [0.25, 0.3) is 0 Å². The zero-order valence-electron chi connectivity index (χ0n) is 12.5. The van der Waals surface area contributed by atoms with Gasteiger partial charge in [0.1, 0.15) is 11.5 Å². The number of ketones is 1. The molecule has 0 heterocycles. The Morgan fingerprint density at radius 1 is 1.14 bits per heavy atom. The topological polar surface area (TPSA) is 26.3 Å². The van der Waals surface area contributed by atoms with Crippen molar-refractivity contribution in [1.82, 2.24) is 0 Å². The molecule has 0 radical (unpaired) electrons. The second-order valence-electron chi connectivity index (χ2n) is 4.89. The molecule has 2 nitrogen and oxygen atoms in total. The molecule has 2 rings (SSSR count). The summed E-state index contributed by atoms with van der Waals surface area (Å²) in [6.07, 6.45) is 2.06. The molecule has 2 aromatic rings. The Morgan fingerprint density at radius 3 is 2.24 bits per heavy atom. The summed E-state index contributed by atoms with van der Waals surface area (Å²) in [7, 11) is 0. The molecule has 0 amide bonds. The van der Waals surface area contributed by atoms with Gasteiger partial charge in [0.05, 0.1) is 4.47 Å². The lowest BCUT2D eigenvalue weighted by Gasteiger charge is -2.14. The third kappa shape index (κ3) is 3.69. The molecule has 0 spiro atoms. The number of carbonyl (C=O) groups is 1. The molecule has 0 fully saturated rings. The molecule has 0 unspecified atom stereocenters. The fourth-order valence-corrected chi connectivity index (χ4v) is 3.15. The average Bonchev–Trinajstić information content (AvgIpc) is 2.43. The van der Waals surface area contributed by atoms with E-state index in [4.69, 9.17) is 4.74 Å². The number of ether oxygens (including phenoxy) is 1. The molecule has 0 aliphatic heterocycles.